The molecule has 1 atom stereocenters. The summed E-state index contributed by atoms with van der Waals surface area (Å²) in [6, 6.07) is 7.89. The van der Waals surface area contributed by atoms with Crippen LogP contribution in [0.5, 0.6) is 0 Å². The minimum absolute atomic E-state index is 0.146. The molecule has 0 unspecified atom stereocenters. The van der Waals surface area contributed by atoms with Gasteiger partial charge in [0.2, 0.25) is 0 Å². The van der Waals surface area contributed by atoms with Gasteiger partial charge in [-0.2, -0.15) is 0 Å². The molecular weight excluding hydrogens is 308 g/mol. The van der Waals surface area contributed by atoms with Gasteiger partial charge < -0.3 is 15.0 Å². The number of nitrogens with one attached hydrogen (secondary N) is 1. The molecule has 1 aromatic rings. The number of carbonyl (C=O) groups excluding carboxylic acids is 3. The van der Waals surface area contributed by atoms with E-state index in [2.05, 4.69) is 5.32 Å². The Bertz CT molecular complexity index is 580. The summed E-state index contributed by atoms with van der Waals surface area (Å²) < 4.78 is 5.13. The van der Waals surface area contributed by atoms with Crippen molar-refractivity contribution in [3.63, 3.8) is 0 Å². The first-order valence-electron chi connectivity index (χ1n) is 8.29. The first-order chi connectivity index (χ1) is 11.5. The summed E-state index contributed by atoms with van der Waals surface area (Å²) in [5.74, 6) is -1.25. The van der Waals surface area contributed by atoms with Gasteiger partial charge in [0.05, 0.1) is 0 Å². The Labute approximate surface area is 142 Å². The fourth-order valence-electron chi connectivity index (χ4n) is 2.59. The van der Waals surface area contributed by atoms with Crippen LogP contribution >= 0.6 is 0 Å². The van der Waals surface area contributed by atoms with E-state index in [9.17, 15) is 14.4 Å². The smallest absolute Gasteiger partial charge is 0.329 e. The Morgan fingerprint density at radius 2 is 1.75 bits per heavy atom. The molecule has 6 nitrogen and oxygen atoms in total. The summed E-state index contributed by atoms with van der Waals surface area (Å²) in [5, 5.41) is 2.69. The molecular formula is C18H24N2O4. The van der Waals surface area contributed by atoms with E-state index in [1.807, 2.05) is 19.9 Å². The number of hydrogen-bond donors (Lipinski definition) is 1. The van der Waals surface area contributed by atoms with Crippen LogP contribution in [0.15, 0.2) is 30.3 Å². The maximum absolute atomic E-state index is 12.3. The number of rotatable bonds is 6. The fourth-order valence-corrected chi connectivity index (χ4v) is 2.59. The lowest BCUT2D eigenvalue weighted by Crippen LogP contribution is -2.46. The highest BCUT2D eigenvalue weighted by atomic mass is 16.5. The molecule has 1 aliphatic rings. The predicted octanol–water partition coefficient (Wildman–Crippen LogP) is 1.61. The largest absolute Gasteiger partial charge is 0.454 e. The molecule has 0 spiro atoms. The normalized spacial score (nSPS) is 15.2. The van der Waals surface area contributed by atoms with Crippen molar-refractivity contribution in [3.05, 3.63) is 35.9 Å². The van der Waals surface area contributed by atoms with Crippen molar-refractivity contribution < 1.29 is 19.1 Å². The third-order valence-corrected chi connectivity index (χ3v) is 4.04. The molecule has 0 saturated carbocycles. The van der Waals surface area contributed by atoms with E-state index < -0.39 is 12.0 Å². The van der Waals surface area contributed by atoms with Crippen LogP contribution in [0.3, 0.4) is 0 Å². The van der Waals surface area contributed by atoms with Crippen LogP contribution in [0.25, 0.3) is 0 Å². The van der Waals surface area contributed by atoms with Gasteiger partial charge in [-0.1, -0.05) is 32.0 Å². The summed E-state index contributed by atoms with van der Waals surface area (Å²) in [6.07, 6.45) is 1.98. The third-order valence-electron chi connectivity index (χ3n) is 4.04. The highest BCUT2D eigenvalue weighted by Gasteiger charge is 2.27. The van der Waals surface area contributed by atoms with E-state index >= 15 is 0 Å². The van der Waals surface area contributed by atoms with Crippen LogP contribution < -0.4 is 5.32 Å². The van der Waals surface area contributed by atoms with Crippen molar-refractivity contribution >= 4 is 17.8 Å². The lowest BCUT2D eigenvalue weighted by molar-refractivity contribution is -0.154. The van der Waals surface area contributed by atoms with Gasteiger partial charge in [0.25, 0.3) is 11.8 Å². The van der Waals surface area contributed by atoms with Crippen LogP contribution in [0.4, 0.5) is 0 Å². The number of hydrogen-bond acceptors (Lipinski definition) is 4. The van der Waals surface area contributed by atoms with Crippen molar-refractivity contribution in [2.45, 2.75) is 32.7 Å². The Balaban J connectivity index is 1.90. The Morgan fingerprint density at radius 3 is 2.33 bits per heavy atom. The highest BCUT2D eigenvalue weighted by Crippen LogP contribution is 2.09. The van der Waals surface area contributed by atoms with Gasteiger partial charge in [0.1, 0.15) is 6.04 Å². The first kappa shape index (κ1) is 18.0. The topological polar surface area (TPSA) is 75.7 Å². The molecule has 6 heteroatoms. The minimum atomic E-state index is -0.788. The number of likely N-dealkylation sites (tertiary alicyclic amines) is 1. The standard InChI is InChI=1S/C18H24N2O4/c1-13(2)16(19-17(22)14-8-4-3-5-9-14)18(23)24-12-15(21)20-10-6-7-11-20/h3-5,8-9,13,16H,6-7,10-12H2,1-2H3,(H,19,22)/t16-/m0/s1. The van der Waals surface area contributed by atoms with Crippen LogP contribution in [0, 0.1) is 5.92 Å². The van der Waals surface area contributed by atoms with Gasteiger partial charge in [-0.05, 0) is 30.9 Å². The lowest BCUT2D eigenvalue weighted by Gasteiger charge is -2.22. The molecule has 0 aromatic heterocycles. The monoisotopic (exact) mass is 332 g/mol. The first-order valence-corrected chi connectivity index (χ1v) is 8.29. The molecule has 0 bridgehead atoms. The Kier molecular flexibility index (Phi) is 6.35. The van der Waals surface area contributed by atoms with Crippen LogP contribution in [-0.2, 0) is 14.3 Å². The number of carbonyl (C=O) groups is 3. The van der Waals surface area contributed by atoms with Gasteiger partial charge in [-0.15, -0.1) is 0 Å². The van der Waals surface area contributed by atoms with Crippen molar-refractivity contribution in [3.8, 4) is 0 Å². The second kappa shape index (κ2) is 8.47. The number of amides is 2. The second-order valence-electron chi connectivity index (χ2n) is 6.26. The van der Waals surface area contributed by atoms with Crippen LogP contribution in [0.1, 0.15) is 37.0 Å². The van der Waals surface area contributed by atoms with E-state index in [4.69, 9.17) is 4.74 Å². The fraction of sp³-hybridized carbons (Fsp3) is 0.500. The van der Waals surface area contributed by atoms with Gasteiger partial charge in [-0.3, -0.25) is 9.59 Å². The van der Waals surface area contributed by atoms with Crippen LogP contribution in [-0.4, -0.2) is 48.4 Å². The van der Waals surface area contributed by atoms with Crippen LogP contribution in [0.2, 0.25) is 0 Å². The van der Waals surface area contributed by atoms with E-state index in [1.54, 1.807) is 29.2 Å². The summed E-state index contributed by atoms with van der Waals surface area (Å²) in [4.78, 5) is 38.1. The van der Waals surface area contributed by atoms with Gasteiger partial charge in [0, 0.05) is 18.7 Å². The zero-order chi connectivity index (χ0) is 17.5. The average molecular weight is 332 g/mol. The molecule has 1 heterocycles. The lowest BCUT2D eigenvalue weighted by atomic mass is 10.0. The SMILES string of the molecule is CC(C)[C@H](NC(=O)c1ccccc1)C(=O)OCC(=O)N1CCCC1. The maximum Gasteiger partial charge on any atom is 0.329 e. The molecule has 2 rings (SSSR count). The zero-order valence-electron chi connectivity index (χ0n) is 14.2. The summed E-state index contributed by atoms with van der Waals surface area (Å²) in [6.45, 7) is 4.80. The summed E-state index contributed by atoms with van der Waals surface area (Å²) >= 11 is 0. The quantitative estimate of drug-likeness (QED) is 0.803. The van der Waals surface area contributed by atoms with E-state index in [-0.39, 0.29) is 24.3 Å². The molecule has 0 radical (unpaired) electrons. The Morgan fingerprint density at radius 1 is 1.12 bits per heavy atom. The third kappa shape index (κ3) is 4.81. The highest BCUT2D eigenvalue weighted by molar-refractivity contribution is 5.97. The van der Waals surface area contributed by atoms with E-state index in [1.165, 1.54) is 0 Å². The maximum atomic E-state index is 12.3. The molecule has 24 heavy (non-hydrogen) atoms. The minimum Gasteiger partial charge on any atom is -0.454 e. The predicted molar refractivity (Wildman–Crippen MR) is 89.3 cm³/mol. The number of nitrogens with zero attached hydrogens (tertiary/aromatic N) is 1. The molecule has 1 aliphatic heterocycles. The zero-order valence-corrected chi connectivity index (χ0v) is 14.2. The average Bonchev–Trinajstić information content (AvgIpc) is 3.12. The number of ether oxygens (including phenoxy) is 1. The Hall–Kier alpha value is -2.37. The van der Waals surface area contributed by atoms with E-state index in [0.29, 0.717) is 5.56 Å². The molecule has 1 fully saturated rings. The molecule has 1 N–H and O–H groups in total. The molecule has 1 aromatic carbocycles. The molecule has 1 saturated heterocycles. The van der Waals surface area contributed by atoms with Gasteiger partial charge in [-0.25, -0.2) is 4.79 Å². The van der Waals surface area contributed by atoms with Crippen molar-refractivity contribution in [2.75, 3.05) is 19.7 Å². The van der Waals surface area contributed by atoms with Crippen molar-refractivity contribution in [1.82, 2.24) is 10.2 Å². The van der Waals surface area contributed by atoms with Gasteiger partial charge in [0.15, 0.2) is 6.61 Å². The van der Waals surface area contributed by atoms with Crippen molar-refractivity contribution in [2.24, 2.45) is 5.92 Å². The second-order valence-corrected chi connectivity index (χ2v) is 6.26. The molecule has 0 aliphatic carbocycles. The van der Waals surface area contributed by atoms with E-state index in [0.717, 1.165) is 25.9 Å². The molecule has 2 amide bonds. The summed E-state index contributed by atoms with van der Waals surface area (Å²) in [7, 11) is 0. The van der Waals surface area contributed by atoms with Crippen molar-refractivity contribution in [1.29, 1.82) is 0 Å². The number of esters is 1. The number of benzene rings is 1. The van der Waals surface area contributed by atoms with Gasteiger partial charge >= 0.3 is 5.97 Å². The molecule has 130 valence electrons. The summed E-state index contributed by atoms with van der Waals surface area (Å²) in [5.41, 5.74) is 0.476.